The van der Waals surface area contributed by atoms with Gasteiger partial charge in [-0.05, 0) is 24.6 Å². The number of rotatable bonds is 9. The number of carboxylic acids is 1. The number of carboxylic acid groups (broad SMARTS) is 1. The summed E-state index contributed by atoms with van der Waals surface area (Å²) in [5, 5.41) is 26.9. The van der Waals surface area contributed by atoms with E-state index in [1.807, 2.05) is 22.8 Å². The molecule has 0 amide bonds. The van der Waals surface area contributed by atoms with Crippen LogP contribution in [-0.2, 0) is 24.4 Å². The lowest BCUT2D eigenvalue weighted by Crippen LogP contribution is -2.46. The maximum Gasteiger partial charge on any atom is 0.356 e. The zero-order chi connectivity index (χ0) is 27.6. The molecule has 40 heavy (non-hydrogen) atoms. The molecule has 1 aromatic carbocycles. The normalized spacial score (nSPS) is 17.5. The number of ether oxygens (including phenoxy) is 2. The maximum absolute atomic E-state index is 14.2. The fourth-order valence-electron chi connectivity index (χ4n) is 4.85. The summed E-state index contributed by atoms with van der Waals surface area (Å²) < 4.78 is 29.0. The van der Waals surface area contributed by atoms with Gasteiger partial charge < -0.3 is 24.0 Å². The molecule has 0 radical (unpaired) electrons. The van der Waals surface area contributed by atoms with Crippen molar-refractivity contribution in [3.05, 3.63) is 70.9 Å². The van der Waals surface area contributed by atoms with Crippen LogP contribution in [0.4, 0.5) is 10.2 Å². The highest BCUT2D eigenvalue weighted by molar-refractivity contribution is 5.86. The third-order valence-corrected chi connectivity index (χ3v) is 7.20. The highest BCUT2D eigenvalue weighted by Crippen LogP contribution is 2.22. The second-order valence-electron chi connectivity index (χ2n) is 9.79. The zero-order valence-corrected chi connectivity index (χ0v) is 21.6. The molecule has 0 bridgehead atoms. The Hall–Kier alpha value is -4.54. The lowest BCUT2D eigenvalue weighted by Gasteiger charge is -2.35. The minimum absolute atomic E-state index is 0.0116. The number of piperazine rings is 1. The molecule has 2 aliphatic rings. The lowest BCUT2D eigenvalue weighted by molar-refractivity contribution is -0.0592. The predicted molar refractivity (Wildman–Crippen MR) is 139 cm³/mol. The first-order chi connectivity index (χ1) is 19.5. The largest absolute Gasteiger partial charge is 0.476 e. The van der Waals surface area contributed by atoms with Crippen LogP contribution < -0.4 is 9.64 Å². The van der Waals surface area contributed by atoms with Crippen LogP contribution in [0.3, 0.4) is 0 Å². The molecule has 2 fully saturated rings. The van der Waals surface area contributed by atoms with E-state index in [1.54, 1.807) is 24.3 Å². The molecule has 1 unspecified atom stereocenters. The van der Waals surface area contributed by atoms with Gasteiger partial charge in [-0.25, -0.2) is 9.18 Å². The summed E-state index contributed by atoms with van der Waals surface area (Å²) in [4.78, 5) is 20.5. The van der Waals surface area contributed by atoms with Gasteiger partial charge in [0.05, 0.1) is 30.8 Å². The predicted octanol–water partition coefficient (Wildman–Crippen LogP) is 2.32. The Bertz CT molecular complexity index is 1580. The lowest BCUT2D eigenvalue weighted by atomic mass is 10.1. The van der Waals surface area contributed by atoms with Gasteiger partial charge >= 0.3 is 5.97 Å². The molecule has 1 atom stereocenters. The van der Waals surface area contributed by atoms with Crippen LogP contribution in [0.15, 0.2) is 42.5 Å². The second kappa shape index (κ2) is 10.9. The second-order valence-corrected chi connectivity index (χ2v) is 9.79. The van der Waals surface area contributed by atoms with Crippen molar-refractivity contribution in [3.63, 3.8) is 0 Å². The van der Waals surface area contributed by atoms with Crippen LogP contribution in [0, 0.1) is 17.1 Å². The molecule has 2 saturated heterocycles. The molecule has 0 spiro atoms. The Kier molecular flexibility index (Phi) is 7.02. The van der Waals surface area contributed by atoms with Crippen LogP contribution in [0.1, 0.15) is 33.9 Å². The first kappa shape index (κ1) is 25.7. The van der Waals surface area contributed by atoms with Crippen LogP contribution in [0.2, 0.25) is 0 Å². The van der Waals surface area contributed by atoms with E-state index in [0.717, 1.165) is 50.8 Å². The van der Waals surface area contributed by atoms with Crippen molar-refractivity contribution >= 4 is 17.4 Å². The number of pyridine rings is 1. The quantitative estimate of drug-likeness (QED) is 0.333. The Morgan fingerprint density at radius 3 is 2.70 bits per heavy atom. The molecular formula is C27H27FN8O4. The van der Waals surface area contributed by atoms with Crippen molar-refractivity contribution < 1.29 is 23.8 Å². The zero-order valence-electron chi connectivity index (χ0n) is 21.6. The molecule has 13 heteroatoms. The molecule has 6 rings (SSSR count). The first-order valence-electron chi connectivity index (χ1n) is 13.0. The molecule has 206 valence electrons. The fourth-order valence-corrected chi connectivity index (χ4v) is 4.85. The van der Waals surface area contributed by atoms with Gasteiger partial charge in [0.1, 0.15) is 24.1 Å². The van der Waals surface area contributed by atoms with Crippen LogP contribution in [0.5, 0.6) is 5.88 Å². The molecule has 4 aromatic rings. The standard InChI is InChI=1S/C27H27FN8O4/c28-21-12-18(14-29)4-5-19(21)17-40-25-3-1-2-23(30-25)34-9-7-33(8-10-34)16-24-32-36-26(13-22(31-36)27(37)38)35(24)15-20-6-11-39-20/h1-5,12-13,20H,6-11,15-17H2,(H,37,38). The minimum Gasteiger partial charge on any atom is -0.476 e. The van der Waals surface area contributed by atoms with E-state index in [-0.39, 0.29) is 24.0 Å². The van der Waals surface area contributed by atoms with E-state index in [0.29, 0.717) is 30.2 Å². The molecule has 3 aromatic heterocycles. The van der Waals surface area contributed by atoms with Crippen LogP contribution in [0.25, 0.3) is 5.65 Å². The number of anilines is 1. The van der Waals surface area contributed by atoms with Crippen LogP contribution >= 0.6 is 0 Å². The molecule has 2 aliphatic heterocycles. The summed E-state index contributed by atoms with van der Waals surface area (Å²) in [5.74, 6) is 0.419. The number of aromatic carboxylic acids is 1. The number of fused-ring (bicyclic) bond motifs is 1. The molecule has 12 nitrogen and oxygen atoms in total. The molecule has 5 heterocycles. The fraction of sp³-hybridized carbons (Fsp3) is 0.370. The van der Waals surface area contributed by atoms with E-state index in [9.17, 15) is 14.3 Å². The van der Waals surface area contributed by atoms with Crippen molar-refractivity contribution in [2.24, 2.45) is 0 Å². The molecule has 0 aliphatic carbocycles. The smallest absolute Gasteiger partial charge is 0.356 e. The Labute approximate surface area is 228 Å². The number of hydrogen-bond donors (Lipinski definition) is 1. The SMILES string of the molecule is N#Cc1ccc(COc2cccc(N3CCN(Cc4nn5nc(C(=O)O)cc5n4CC4CCO4)CC3)n2)c(F)c1. The summed E-state index contributed by atoms with van der Waals surface area (Å²) in [6.07, 6.45) is 1.05. The molecule has 1 N–H and O–H groups in total. The van der Waals surface area contributed by atoms with Gasteiger partial charge in [0, 0.05) is 50.5 Å². The number of benzene rings is 1. The van der Waals surface area contributed by atoms with E-state index in [1.165, 1.54) is 10.7 Å². The molecule has 0 saturated carbocycles. The summed E-state index contributed by atoms with van der Waals surface area (Å²) in [5.41, 5.74) is 1.22. The Balaban J connectivity index is 1.08. The van der Waals surface area contributed by atoms with Gasteiger partial charge in [-0.2, -0.15) is 10.2 Å². The van der Waals surface area contributed by atoms with Crippen molar-refractivity contribution in [2.45, 2.75) is 32.2 Å². The van der Waals surface area contributed by atoms with E-state index in [2.05, 4.69) is 25.0 Å². The monoisotopic (exact) mass is 546 g/mol. The van der Waals surface area contributed by atoms with Crippen molar-refractivity contribution in [2.75, 3.05) is 37.7 Å². The highest BCUT2D eigenvalue weighted by Gasteiger charge is 2.26. The average molecular weight is 547 g/mol. The number of hydrogen-bond acceptors (Lipinski definition) is 9. The summed E-state index contributed by atoms with van der Waals surface area (Å²) in [7, 11) is 0. The summed E-state index contributed by atoms with van der Waals surface area (Å²) in [6.45, 7) is 4.99. The summed E-state index contributed by atoms with van der Waals surface area (Å²) >= 11 is 0. The third-order valence-electron chi connectivity index (χ3n) is 7.20. The Morgan fingerprint density at radius 2 is 2.00 bits per heavy atom. The topological polar surface area (TPSA) is 134 Å². The number of nitrogens with zero attached hydrogens (tertiary/aromatic N) is 8. The maximum atomic E-state index is 14.2. The first-order valence-corrected chi connectivity index (χ1v) is 13.0. The minimum atomic E-state index is -1.08. The highest BCUT2D eigenvalue weighted by atomic mass is 19.1. The van der Waals surface area contributed by atoms with E-state index in [4.69, 9.17) is 14.7 Å². The average Bonchev–Trinajstić information content (AvgIpc) is 3.49. The van der Waals surface area contributed by atoms with Crippen molar-refractivity contribution in [1.29, 1.82) is 5.26 Å². The van der Waals surface area contributed by atoms with Gasteiger partial charge in [-0.15, -0.1) is 14.8 Å². The number of halogens is 1. The molecular weight excluding hydrogens is 519 g/mol. The van der Waals surface area contributed by atoms with E-state index < -0.39 is 11.8 Å². The van der Waals surface area contributed by atoms with Gasteiger partial charge in [0.2, 0.25) is 5.88 Å². The van der Waals surface area contributed by atoms with Gasteiger partial charge in [-0.1, -0.05) is 12.1 Å². The Morgan fingerprint density at radius 1 is 1.18 bits per heavy atom. The number of carbonyl (C=O) groups is 1. The van der Waals surface area contributed by atoms with Gasteiger partial charge in [0.15, 0.2) is 11.3 Å². The number of nitriles is 1. The third kappa shape index (κ3) is 5.31. The summed E-state index contributed by atoms with van der Waals surface area (Å²) in [6, 6.07) is 13.3. The van der Waals surface area contributed by atoms with Crippen LogP contribution in [-0.4, -0.2) is 79.2 Å². The van der Waals surface area contributed by atoms with Crippen molar-refractivity contribution in [3.8, 4) is 11.9 Å². The van der Waals surface area contributed by atoms with E-state index >= 15 is 0 Å². The van der Waals surface area contributed by atoms with Gasteiger partial charge in [-0.3, -0.25) is 4.90 Å². The number of aromatic nitrogens is 5. The van der Waals surface area contributed by atoms with Crippen molar-refractivity contribution in [1.82, 2.24) is 29.3 Å². The van der Waals surface area contributed by atoms with Gasteiger partial charge in [0.25, 0.3) is 0 Å².